The molecule has 1 saturated carbocycles. The molecular weight excluding hydrogens is 478 g/mol. The SMILES string of the molecule is Cc1ccc(-c2ccc(O)c3c2C[C@H]2C[C@@H]([C@@H](CO)N(C)C)[C@@](O)(C(=O)CC(N)=O)C(=O)C2C3=O)nc1. The molecule has 0 saturated heterocycles. The number of nitrogens with two attached hydrogens (primary N) is 1. The average Bonchev–Trinajstić information content (AvgIpc) is 2.82. The van der Waals surface area contributed by atoms with Gasteiger partial charge in [0, 0.05) is 23.7 Å². The number of fused-ring (bicyclic) bond motifs is 2. The molecule has 2 aliphatic carbocycles. The summed E-state index contributed by atoms with van der Waals surface area (Å²) in [6, 6.07) is 5.91. The summed E-state index contributed by atoms with van der Waals surface area (Å²) in [6.07, 6.45) is 1.05. The van der Waals surface area contributed by atoms with Crippen molar-refractivity contribution in [1.82, 2.24) is 9.88 Å². The molecule has 4 rings (SSSR count). The van der Waals surface area contributed by atoms with E-state index in [4.69, 9.17) is 5.73 Å². The molecule has 1 amide bonds. The molecule has 0 bridgehead atoms. The number of amides is 1. The van der Waals surface area contributed by atoms with E-state index in [-0.39, 0.29) is 24.2 Å². The van der Waals surface area contributed by atoms with Crippen molar-refractivity contribution in [1.29, 1.82) is 0 Å². The molecule has 10 nitrogen and oxygen atoms in total. The second kappa shape index (κ2) is 9.77. The lowest BCUT2D eigenvalue weighted by molar-refractivity contribution is -0.171. The number of nitrogens with zero attached hydrogens (tertiary/aromatic N) is 2. The number of phenols is 1. The third-order valence-corrected chi connectivity index (χ3v) is 7.77. The van der Waals surface area contributed by atoms with Crippen LogP contribution in [0.5, 0.6) is 5.75 Å². The van der Waals surface area contributed by atoms with Crippen molar-refractivity contribution in [3.8, 4) is 17.0 Å². The highest BCUT2D eigenvalue weighted by molar-refractivity contribution is 6.24. The van der Waals surface area contributed by atoms with E-state index in [9.17, 15) is 34.5 Å². The van der Waals surface area contributed by atoms with Crippen molar-refractivity contribution in [2.24, 2.45) is 23.5 Å². The summed E-state index contributed by atoms with van der Waals surface area (Å²) in [6.45, 7) is 1.42. The maximum Gasteiger partial charge on any atom is 0.225 e. The topological polar surface area (TPSA) is 171 Å². The van der Waals surface area contributed by atoms with Crippen molar-refractivity contribution in [2.45, 2.75) is 37.8 Å². The number of hydrogen-bond acceptors (Lipinski definition) is 9. The number of rotatable bonds is 7. The zero-order valence-corrected chi connectivity index (χ0v) is 21.0. The second-order valence-corrected chi connectivity index (χ2v) is 10.3. The van der Waals surface area contributed by atoms with Crippen molar-refractivity contribution in [3.63, 3.8) is 0 Å². The Balaban J connectivity index is 1.86. The summed E-state index contributed by atoms with van der Waals surface area (Å²) in [4.78, 5) is 58.3. The molecular formula is C27H31N3O7. The number of Topliss-reactive ketones (excluding diaryl/α,β-unsaturated/α-hetero) is 3. The maximum atomic E-state index is 13.8. The van der Waals surface area contributed by atoms with E-state index in [1.807, 2.05) is 19.1 Å². The Hall–Kier alpha value is -3.47. The van der Waals surface area contributed by atoms with Crippen LogP contribution in [0.3, 0.4) is 0 Å². The molecule has 0 aliphatic heterocycles. The summed E-state index contributed by atoms with van der Waals surface area (Å²) >= 11 is 0. The highest BCUT2D eigenvalue weighted by Gasteiger charge is 2.62. The molecule has 2 aliphatic rings. The van der Waals surface area contributed by atoms with E-state index in [0.717, 1.165) is 5.56 Å². The predicted molar refractivity (Wildman–Crippen MR) is 133 cm³/mol. The highest BCUT2D eigenvalue weighted by Crippen LogP contribution is 2.49. The van der Waals surface area contributed by atoms with Crippen molar-refractivity contribution in [2.75, 3.05) is 20.7 Å². The number of aromatic hydroxyl groups is 1. The van der Waals surface area contributed by atoms with Crippen LogP contribution >= 0.6 is 0 Å². The Morgan fingerprint density at radius 2 is 1.92 bits per heavy atom. The van der Waals surface area contributed by atoms with Crippen LogP contribution in [0.2, 0.25) is 0 Å². The third kappa shape index (κ3) is 4.35. The molecule has 1 unspecified atom stereocenters. The summed E-state index contributed by atoms with van der Waals surface area (Å²) in [5.41, 5.74) is 5.18. The number of benzene rings is 1. The number of carbonyl (C=O) groups excluding carboxylic acids is 4. The number of ketones is 3. The predicted octanol–water partition coefficient (Wildman–Crippen LogP) is 0.421. The summed E-state index contributed by atoms with van der Waals surface area (Å²) in [5, 5.41) is 32.4. The average molecular weight is 510 g/mol. The number of phenolic OH excluding ortho intramolecular Hbond substituents is 1. The molecule has 2 aromatic rings. The molecule has 5 N–H and O–H groups in total. The first kappa shape index (κ1) is 26.6. The fourth-order valence-corrected chi connectivity index (χ4v) is 5.93. The lowest BCUT2D eigenvalue weighted by Crippen LogP contribution is -2.67. The van der Waals surface area contributed by atoms with Gasteiger partial charge in [0.15, 0.2) is 23.0 Å². The van der Waals surface area contributed by atoms with Crippen LogP contribution in [-0.2, 0) is 20.8 Å². The number of likely N-dealkylation sites (N-methyl/N-ethyl adjacent to an activating group) is 1. The molecule has 0 radical (unpaired) electrons. The van der Waals surface area contributed by atoms with Crippen LogP contribution in [-0.4, -0.2) is 80.8 Å². The zero-order valence-electron chi connectivity index (χ0n) is 21.0. The number of aliphatic hydroxyl groups excluding tert-OH is 1. The Kier molecular flexibility index (Phi) is 7.02. The van der Waals surface area contributed by atoms with Crippen LogP contribution in [0, 0.1) is 24.7 Å². The van der Waals surface area contributed by atoms with Crippen molar-refractivity contribution < 1.29 is 34.5 Å². The first-order valence-electron chi connectivity index (χ1n) is 12.1. The van der Waals surface area contributed by atoms with Gasteiger partial charge in [-0.2, -0.15) is 0 Å². The molecule has 1 aromatic carbocycles. The van der Waals surface area contributed by atoms with E-state index in [2.05, 4.69) is 4.98 Å². The molecule has 1 aromatic heterocycles. The number of hydrogen-bond donors (Lipinski definition) is 4. The van der Waals surface area contributed by atoms with Crippen molar-refractivity contribution in [3.05, 3.63) is 47.2 Å². The zero-order chi connectivity index (χ0) is 27.2. The van der Waals surface area contributed by atoms with Gasteiger partial charge in [0.1, 0.15) is 5.75 Å². The van der Waals surface area contributed by atoms with E-state index >= 15 is 0 Å². The summed E-state index contributed by atoms with van der Waals surface area (Å²) in [5.74, 6) is -7.28. The molecule has 0 spiro atoms. The minimum absolute atomic E-state index is 0.0380. The van der Waals surface area contributed by atoms with Gasteiger partial charge in [-0.3, -0.25) is 24.2 Å². The summed E-state index contributed by atoms with van der Waals surface area (Å²) < 4.78 is 0. The number of carbonyl (C=O) groups is 4. The minimum atomic E-state index is -2.70. The van der Waals surface area contributed by atoms with Gasteiger partial charge in [-0.25, -0.2) is 0 Å². The lowest BCUT2D eigenvalue weighted by atomic mass is 9.56. The van der Waals surface area contributed by atoms with E-state index < -0.39 is 65.7 Å². The van der Waals surface area contributed by atoms with Crippen LogP contribution in [0.15, 0.2) is 30.5 Å². The number of primary amides is 1. The number of aromatic nitrogens is 1. The highest BCUT2D eigenvalue weighted by atomic mass is 16.3. The third-order valence-electron chi connectivity index (χ3n) is 7.77. The Bertz CT molecular complexity index is 1270. The molecule has 1 fully saturated rings. The van der Waals surface area contributed by atoms with Gasteiger partial charge < -0.3 is 26.0 Å². The van der Waals surface area contributed by atoms with Gasteiger partial charge >= 0.3 is 0 Å². The fraction of sp³-hybridized carbons (Fsp3) is 0.444. The van der Waals surface area contributed by atoms with Gasteiger partial charge in [-0.1, -0.05) is 6.07 Å². The van der Waals surface area contributed by atoms with Crippen molar-refractivity contribution >= 4 is 23.3 Å². The van der Waals surface area contributed by atoms with E-state index in [1.54, 1.807) is 31.3 Å². The largest absolute Gasteiger partial charge is 0.507 e. The summed E-state index contributed by atoms with van der Waals surface area (Å²) in [7, 11) is 3.27. The minimum Gasteiger partial charge on any atom is -0.507 e. The van der Waals surface area contributed by atoms with Crippen LogP contribution in [0.1, 0.15) is 34.3 Å². The Labute approximate surface area is 214 Å². The number of aliphatic hydroxyl groups is 2. The van der Waals surface area contributed by atoms with Gasteiger partial charge in [-0.15, -0.1) is 0 Å². The van der Waals surface area contributed by atoms with Gasteiger partial charge in [0.05, 0.1) is 30.2 Å². The first-order chi connectivity index (χ1) is 17.4. The molecule has 1 heterocycles. The fourth-order valence-electron chi connectivity index (χ4n) is 5.93. The quantitative estimate of drug-likeness (QED) is 0.386. The molecule has 5 atom stereocenters. The molecule has 196 valence electrons. The Morgan fingerprint density at radius 3 is 2.49 bits per heavy atom. The van der Waals surface area contributed by atoms with E-state index in [1.165, 1.54) is 6.07 Å². The van der Waals surface area contributed by atoms with E-state index in [0.29, 0.717) is 16.8 Å². The second-order valence-electron chi connectivity index (χ2n) is 10.3. The number of pyridine rings is 1. The lowest BCUT2D eigenvalue weighted by Gasteiger charge is -2.49. The van der Waals surface area contributed by atoms with Crippen LogP contribution < -0.4 is 5.73 Å². The molecule has 10 heteroatoms. The van der Waals surface area contributed by atoms with Crippen LogP contribution in [0.4, 0.5) is 0 Å². The van der Waals surface area contributed by atoms with Gasteiger partial charge in [0.25, 0.3) is 0 Å². The van der Waals surface area contributed by atoms with Gasteiger partial charge in [-0.05, 0) is 69.1 Å². The Morgan fingerprint density at radius 1 is 1.22 bits per heavy atom. The number of aryl methyl sites for hydroxylation is 1. The monoisotopic (exact) mass is 509 g/mol. The smallest absolute Gasteiger partial charge is 0.225 e. The van der Waals surface area contributed by atoms with Gasteiger partial charge in [0.2, 0.25) is 5.91 Å². The standard InChI is InChI=1S/C27H31N3O7/c1-13-4-6-18(29-11-13)15-5-7-20(32)24-16(15)8-14-9-17(19(12-31)30(2)3)27(37,21(33)10-22(28)34)26(36)23(14)25(24)35/h4-7,11,14,17,19,23,31-32,37H,8-10,12H2,1-3H3,(H2,28,34)/t14-,17-,19+,23?,27+/m0/s1. The molecule has 37 heavy (non-hydrogen) atoms. The van der Waals surface area contributed by atoms with Crippen LogP contribution in [0.25, 0.3) is 11.3 Å². The first-order valence-corrected chi connectivity index (χ1v) is 12.1. The maximum absolute atomic E-state index is 13.8. The normalized spacial score (nSPS) is 25.9.